The summed E-state index contributed by atoms with van der Waals surface area (Å²) in [6, 6.07) is 3.61. The van der Waals surface area contributed by atoms with Crippen LogP contribution in [0.2, 0.25) is 5.02 Å². The molecule has 1 aromatic carbocycles. The van der Waals surface area contributed by atoms with Gasteiger partial charge in [0.2, 0.25) is 0 Å². The monoisotopic (exact) mass is 320 g/mol. The Morgan fingerprint density at radius 3 is 2.50 bits per heavy atom. The lowest BCUT2D eigenvalue weighted by Crippen LogP contribution is -2.09. The molecule has 114 valence electrons. The summed E-state index contributed by atoms with van der Waals surface area (Å²) in [5.41, 5.74) is 0.897. The SMILES string of the molecule is COc1cc(CCl)cc(Cl)c1OCCOCCC(C)C. The van der Waals surface area contributed by atoms with Crippen molar-refractivity contribution in [2.75, 3.05) is 26.9 Å². The van der Waals surface area contributed by atoms with Crippen LogP contribution < -0.4 is 9.47 Å². The van der Waals surface area contributed by atoms with E-state index in [0.717, 1.165) is 18.6 Å². The summed E-state index contributed by atoms with van der Waals surface area (Å²) in [7, 11) is 1.58. The fourth-order valence-electron chi connectivity index (χ4n) is 1.61. The molecule has 0 heterocycles. The Morgan fingerprint density at radius 2 is 1.90 bits per heavy atom. The van der Waals surface area contributed by atoms with Crippen molar-refractivity contribution in [2.45, 2.75) is 26.1 Å². The van der Waals surface area contributed by atoms with Crippen molar-refractivity contribution >= 4 is 23.2 Å². The highest BCUT2D eigenvalue weighted by atomic mass is 35.5. The zero-order valence-corrected chi connectivity index (χ0v) is 13.8. The number of hydrogen-bond donors (Lipinski definition) is 0. The van der Waals surface area contributed by atoms with E-state index in [-0.39, 0.29) is 0 Å². The maximum Gasteiger partial charge on any atom is 0.179 e. The molecule has 1 aromatic rings. The molecule has 0 fully saturated rings. The van der Waals surface area contributed by atoms with Gasteiger partial charge in [0.15, 0.2) is 11.5 Å². The fourth-order valence-corrected chi connectivity index (χ4v) is 2.06. The number of ether oxygens (including phenoxy) is 3. The average molecular weight is 321 g/mol. The molecule has 0 unspecified atom stereocenters. The summed E-state index contributed by atoms with van der Waals surface area (Å²) >= 11 is 12.0. The third-order valence-corrected chi connectivity index (χ3v) is 3.35. The minimum atomic E-state index is 0.384. The number of rotatable bonds is 9. The van der Waals surface area contributed by atoms with Crippen molar-refractivity contribution in [2.24, 2.45) is 5.92 Å². The summed E-state index contributed by atoms with van der Waals surface area (Å²) in [5.74, 6) is 2.16. The maximum absolute atomic E-state index is 6.17. The first-order valence-electron chi connectivity index (χ1n) is 6.71. The molecule has 0 N–H and O–H groups in total. The predicted octanol–water partition coefficient (Wildman–Crippen LogP) is 4.53. The van der Waals surface area contributed by atoms with E-state index in [1.54, 1.807) is 13.2 Å². The molecular weight excluding hydrogens is 299 g/mol. The predicted molar refractivity (Wildman–Crippen MR) is 83.3 cm³/mol. The van der Waals surface area contributed by atoms with Gasteiger partial charge in [-0.15, -0.1) is 11.6 Å². The minimum absolute atomic E-state index is 0.384. The summed E-state index contributed by atoms with van der Waals surface area (Å²) in [6.07, 6.45) is 1.05. The molecule has 0 amide bonds. The maximum atomic E-state index is 6.17. The molecular formula is C15H22Cl2O3. The van der Waals surface area contributed by atoms with Crippen molar-refractivity contribution < 1.29 is 14.2 Å². The molecule has 0 aliphatic rings. The van der Waals surface area contributed by atoms with Crippen LogP contribution in [0.5, 0.6) is 11.5 Å². The van der Waals surface area contributed by atoms with Gasteiger partial charge in [-0.05, 0) is 30.0 Å². The van der Waals surface area contributed by atoms with Crippen LogP contribution in [0.4, 0.5) is 0 Å². The van der Waals surface area contributed by atoms with Gasteiger partial charge in [-0.2, -0.15) is 0 Å². The highest BCUT2D eigenvalue weighted by Crippen LogP contribution is 2.36. The normalized spacial score (nSPS) is 10.9. The second-order valence-corrected chi connectivity index (χ2v) is 5.56. The molecule has 0 aliphatic carbocycles. The molecule has 0 aliphatic heterocycles. The van der Waals surface area contributed by atoms with E-state index < -0.39 is 0 Å². The molecule has 0 spiro atoms. The van der Waals surface area contributed by atoms with Gasteiger partial charge in [-0.25, -0.2) is 0 Å². The lowest BCUT2D eigenvalue weighted by molar-refractivity contribution is 0.0916. The van der Waals surface area contributed by atoms with Crippen LogP contribution in [0.25, 0.3) is 0 Å². The summed E-state index contributed by atoms with van der Waals surface area (Å²) in [5, 5.41) is 0.502. The molecule has 0 bridgehead atoms. The second kappa shape index (κ2) is 9.32. The third kappa shape index (κ3) is 5.78. The van der Waals surface area contributed by atoms with E-state index in [4.69, 9.17) is 37.4 Å². The van der Waals surface area contributed by atoms with Gasteiger partial charge < -0.3 is 14.2 Å². The molecule has 0 aromatic heterocycles. The van der Waals surface area contributed by atoms with Crippen LogP contribution in [0.3, 0.4) is 0 Å². The Labute approximate surface area is 131 Å². The molecule has 0 saturated carbocycles. The first-order chi connectivity index (χ1) is 9.58. The van der Waals surface area contributed by atoms with E-state index in [1.807, 2.05) is 6.07 Å². The summed E-state index contributed by atoms with van der Waals surface area (Å²) in [4.78, 5) is 0. The standard InChI is InChI=1S/C15H22Cl2O3/c1-11(2)4-5-19-6-7-20-15-13(17)8-12(10-16)9-14(15)18-3/h8-9,11H,4-7,10H2,1-3H3. The van der Waals surface area contributed by atoms with Gasteiger partial charge in [0, 0.05) is 12.5 Å². The molecule has 0 atom stereocenters. The Morgan fingerprint density at radius 1 is 1.15 bits per heavy atom. The largest absolute Gasteiger partial charge is 0.493 e. The van der Waals surface area contributed by atoms with Crippen LogP contribution in [-0.4, -0.2) is 26.9 Å². The quantitative estimate of drug-likeness (QED) is 0.494. The van der Waals surface area contributed by atoms with E-state index in [9.17, 15) is 0 Å². The highest BCUT2D eigenvalue weighted by molar-refractivity contribution is 6.32. The average Bonchev–Trinajstić information content (AvgIpc) is 2.42. The smallest absolute Gasteiger partial charge is 0.179 e. The summed E-state index contributed by atoms with van der Waals surface area (Å²) in [6.45, 7) is 6.06. The Kier molecular flexibility index (Phi) is 8.12. The zero-order valence-electron chi connectivity index (χ0n) is 12.2. The van der Waals surface area contributed by atoms with Crippen molar-refractivity contribution in [3.63, 3.8) is 0 Å². The van der Waals surface area contributed by atoms with Crippen LogP contribution in [0, 0.1) is 5.92 Å². The topological polar surface area (TPSA) is 27.7 Å². The van der Waals surface area contributed by atoms with Gasteiger partial charge in [0.05, 0.1) is 18.7 Å². The molecule has 1 rings (SSSR count). The van der Waals surface area contributed by atoms with Crippen LogP contribution in [-0.2, 0) is 10.6 Å². The molecule has 5 heteroatoms. The Balaban J connectivity index is 2.47. The molecule has 20 heavy (non-hydrogen) atoms. The number of hydrogen-bond acceptors (Lipinski definition) is 3. The van der Waals surface area contributed by atoms with Crippen molar-refractivity contribution in [1.82, 2.24) is 0 Å². The first kappa shape index (κ1) is 17.4. The minimum Gasteiger partial charge on any atom is -0.493 e. The Bertz CT molecular complexity index is 408. The molecule has 0 saturated heterocycles. The molecule has 0 radical (unpaired) electrons. The lowest BCUT2D eigenvalue weighted by Gasteiger charge is -2.14. The van der Waals surface area contributed by atoms with Crippen LogP contribution >= 0.6 is 23.2 Å². The van der Waals surface area contributed by atoms with Crippen molar-refractivity contribution in [1.29, 1.82) is 0 Å². The van der Waals surface area contributed by atoms with Gasteiger partial charge in [0.1, 0.15) is 6.61 Å². The van der Waals surface area contributed by atoms with E-state index in [1.165, 1.54) is 0 Å². The van der Waals surface area contributed by atoms with Crippen LogP contribution in [0.15, 0.2) is 12.1 Å². The van der Waals surface area contributed by atoms with E-state index in [0.29, 0.717) is 41.5 Å². The van der Waals surface area contributed by atoms with Gasteiger partial charge >= 0.3 is 0 Å². The van der Waals surface area contributed by atoms with E-state index in [2.05, 4.69) is 13.8 Å². The number of alkyl halides is 1. The van der Waals surface area contributed by atoms with Gasteiger partial charge in [-0.3, -0.25) is 0 Å². The first-order valence-corrected chi connectivity index (χ1v) is 7.62. The van der Waals surface area contributed by atoms with Crippen LogP contribution in [0.1, 0.15) is 25.8 Å². The number of benzene rings is 1. The van der Waals surface area contributed by atoms with Crippen molar-refractivity contribution in [3.05, 3.63) is 22.7 Å². The van der Waals surface area contributed by atoms with Gasteiger partial charge in [0.25, 0.3) is 0 Å². The lowest BCUT2D eigenvalue weighted by atomic mass is 10.1. The zero-order chi connectivity index (χ0) is 15.0. The van der Waals surface area contributed by atoms with Gasteiger partial charge in [-0.1, -0.05) is 25.4 Å². The third-order valence-electron chi connectivity index (χ3n) is 2.76. The summed E-state index contributed by atoms with van der Waals surface area (Å²) < 4.78 is 16.4. The highest BCUT2D eigenvalue weighted by Gasteiger charge is 2.11. The number of halogens is 2. The fraction of sp³-hybridized carbons (Fsp3) is 0.600. The second-order valence-electron chi connectivity index (χ2n) is 4.89. The number of methoxy groups -OCH3 is 1. The van der Waals surface area contributed by atoms with E-state index >= 15 is 0 Å². The van der Waals surface area contributed by atoms with Crippen molar-refractivity contribution in [3.8, 4) is 11.5 Å². The molecule has 3 nitrogen and oxygen atoms in total. The Hall–Kier alpha value is -0.640.